The van der Waals surface area contributed by atoms with Crippen molar-refractivity contribution in [2.45, 2.75) is 31.8 Å². The van der Waals surface area contributed by atoms with E-state index in [9.17, 15) is 0 Å². The van der Waals surface area contributed by atoms with E-state index in [2.05, 4.69) is 53.8 Å². The van der Waals surface area contributed by atoms with Crippen LogP contribution in [0.4, 0.5) is 0 Å². The lowest BCUT2D eigenvalue weighted by molar-refractivity contribution is 0.157. The number of nitrogens with zero attached hydrogens (tertiary/aromatic N) is 2. The minimum absolute atomic E-state index is 0.0330. The van der Waals surface area contributed by atoms with Crippen LogP contribution in [0, 0.1) is 0 Å². The van der Waals surface area contributed by atoms with Gasteiger partial charge in [0.1, 0.15) is 0 Å². The van der Waals surface area contributed by atoms with Crippen LogP contribution in [0.2, 0.25) is 0 Å². The van der Waals surface area contributed by atoms with Crippen LogP contribution in [0.25, 0.3) is 0 Å². The normalized spacial score (nSPS) is 14.2. The number of hydrogen-bond donors (Lipinski definition) is 1. The standard InChI is InChI=1S/C12H20BrN3/c1-12(2,16(3)4)11(14)7-10-6-5-9(13)8-15-10/h5-6,8,11H,7,14H2,1-4H3. The molecule has 0 aliphatic carbocycles. The third-order valence-corrected chi connectivity index (χ3v) is 3.75. The van der Waals surface area contributed by atoms with Gasteiger partial charge in [-0.25, -0.2) is 0 Å². The summed E-state index contributed by atoms with van der Waals surface area (Å²) < 4.78 is 0.997. The Kier molecular flexibility index (Phi) is 4.47. The second-order valence-corrected chi connectivity index (χ2v) is 5.74. The van der Waals surface area contributed by atoms with Gasteiger partial charge in [0.05, 0.1) is 0 Å². The molecule has 0 radical (unpaired) electrons. The van der Waals surface area contributed by atoms with Gasteiger partial charge in [-0.05, 0) is 56.0 Å². The molecule has 1 aromatic heterocycles. The summed E-state index contributed by atoms with van der Waals surface area (Å²) in [6.45, 7) is 4.30. The monoisotopic (exact) mass is 285 g/mol. The maximum atomic E-state index is 6.23. The molecule has 0 saturated heterocycles. The predicted molar refractivity (Wildman–Crippen MR) is 71.4 cm³/mol. The molecule has 0 spiro atoms. The van der Waals surface area contributed by atoms with E-state index < -0.39 is 0 Å². The molecule has 1 atom stereocenters. The van der Waals surface area contributed by atoms with Crippen molar-refractivity contribution in [1.82, 2.24) is 9.88 Å². The molecule has 1 rings (SSSR count). The fourth-order valence-electron chi connectivity index (χ4n) is 1.33. The number of nitrogens with two attached hydrogens (primary N) is 1. The molecule has 0 fully saturated rings. The highest BCUT2D eigenvalue weighted by molar-refractivity contribution is 9.10. The Morgan fingerprint density at radius 3 is 2.50 bits per heavy atom. The van der Waals surface area contributed by atoms with Crippen LogP contribution in [0.3, 0.4) is 0 Å². The summed E-state index contributed by atoms with van der Waals surface area (Å²) in [6.07, 6.45) is 2.60. The third kappa shape index (κ3) is 3.27. The van der Waals surface area contributed by atoms with Gasteiger partial charge in [0.2, 0.25) is 0 Å². The zero-order chi connectivity index (χ0) is 12.3. The van der Waals surface area contributed by atoms with E-state index in [1.807, 2.05) is 18.3 Å². The lowest BCUT2D eigenvalue weighted by Crippen LogP contribution is -2.54. The van der Waals surface area contributed by atoms with Crippen molar-refractivity contribution in [2.24, 2.45) is 5.73 Å². The molecule has 1 heterocycles. The Bertz CT molecular complexity index is 333. The summed E-state index contributed by atoms with van der Waals surface area (Å²) in [5, 5.41) is 0. The zero-order valence-electron chi connectivity index (χ0n) is 10.4. The lowest BCUT2D eigenvalue weighted by Gasteiger charge is -2.38. The van der Waals surface area contributed by atoms with Crippen molar-refractivity contribution in [3.63, 3.8) is 0 Å². The average molecular weight is 286 g/mol. The smallest absolute Gasteiger partial charge is 0.0420 e. The molecule has 16 heavy (non-hydrogen) atoms. The Morgan fingerprint density at radius 2 is 2.06 bits per heavy atom. The molecular formula is C12H20BrN3. The molecule has 1 unspecified atom stereocenters. The second kappa shape index (κ2) is 5.25. The summed E-state index contributed by atoms with van der Waals surface area (Å²) >= 11 is 3.37. The summed E-state index contributed by atoms with van der Waals surface area (Å²) in [4.78, 5) is 6.50. The fourth-order valence-corrected chi connectivity index (χ4v) is 1.57. The first-order valence-electron chi connectivity index (χ1n) is 5.37. The summed E-state index contributed by atoms with van der Waals surface area (Å²) in [5.41, 5.74) is 7.23. The molecular weight excluding hydrogens is 266 g/mol. The van der Waals surface area contributed by atoms with Crippen molar-refractivity contribution in [2.75, 3.05) is 14.1 Å². The summed E-state index contributed by atoms with van der Waals surface area (Å²) in [7, 11) is 4.10. The number of likely N-dealkylation sites (N-methyl/N-ethyl adjacent to an activating group) is 1. The Labute approximate surface area is 106 Å². The molecule has 0 bridgehead atoms. The van der Waals surface area contributed by atoms with E-state index >= 15 is 0 Å². The van der Waals surface area contributed by atoms with Crippen LogP contribution in [0.5, 0.6) is 0 Å². The third-order valence-electron chi connectivity index (χ3n) is 3.28. The highest BCUT2D eigenvalue weighted by atomic mass is 79.9. The van der Waals surface area contributed by atoms with Crippen molar-refractivity contribution < 1.29 is 0 Å². The first-order chi connectivity index (χ1) is 7.34. The first-order valence-corrected chi connectivity index (χ1v) is 6.16. The topological polar surface area (TPSA) is 42.1 Å². The van der Waals surface area contributed by atoms with E-state index in [1.54, 1.807) is 0 Å². The van der Waals surface area contributed by atoms with Gasteiger partial charge in [-0.2, -0.15) is 0 Å². The van der Waals surface area contributed by atoms with Gasteiger partial charge in [-0.3, -0.25) is 4.98 Å². The van der Waals surface area contributed by atoms with Gasteiger partial charge >= 0.3 is 0 Å². The van der Waals surface area contributed by atoms with Gasteiger partial charge in [0.25, 0.3) is 0 Å². The fraction of sp³-hybridized carbons (Fsp3) is 0.583. The minimum Gasteiger partial charge on any atom is -0.326 e. The van der Waals surface area contributed by atoms with Crippen molar-refractivity contribution in [3.8, 4) is 0 Å². The Hall–Kier alpha value is -0.450. The van der Waals surface area contributed by atoms with Crippen LogP contribution < -0.4 is 5.73 Å². The van der Waals surface area contributed by atoms with Gasteiger partial charge in [-0.1, -0.05) is 0 Å². The molecule has 3 nitrogen and oxygen atoms in total. The van der Waals surface area contributed by atoms with Crippen LogP contribution in [0.15, 0.2) is 22.8 Å². The summed E-state index contributed by atoms with van der Waals surface area (Å²) in [6, 6.07) is 4.07. The molecule has 0 aromatic carbocycles. The molecule has 90 valence electrons. The highest BCUT2D eigenvalue weighted by Gasteiger charge is 2.28. The van der Waals surface area contributed by atoms with E-state index in [0.717, 1.165) is 16.6 Å². The lowest BCUT2D eigenvalue weighted by atomic mass is 9.90. The van der Waals surface area contributed by atoms with Crippen LogP contribution in [-0.4, -0.2) is 35.6 Å². The average Bonchev–Trinajstić information content (AvgIpc) is 2.21. The maximum Gasteiger partial charge on any atom is 0.0420 e. The van der Waals surface area contributed by atoms with E-state index in [-0.39, 0.29) is 11.6 Å². The number of aromatic nitrogens is 1. The maximum absolute atomic E-state index is 6.23. The molecule has 2 N–H and O–H groups in total. The molecule has 0 aliphatic rings. The van der Waals surface area contributed by atoms with E-state index in [0.29, 0.717) is 0 Å². The van der Waals surface area contributed by atoms with Gasteiger partial charge in [0, 0.05) is 34.4 Å². The number of rotatable bonds is 4. The highest BCUT2D eigenvalue weighted by Crippen LogP contribution is 2.17. The Morgan fingerprint density at radius 1 is 1.44 bits per heavy atom. The first kappa shape index (κ1) is 13.6. The van der Waals surface area contributed by atoms with Crippen molar-refractivity contribution in [3.05, 3.63) is 28.5 Å². The largest absolute Gasteiger partial charge is 0.326 e. The van der Waals surface area contributed by atoms with Crippen LogP contribution in [-0.2, 0) is 6.42 Å². The molecule has 0 amide bonds. The molecule has 4 heteroatoms. The number of pyridine rings is 1. The van der Waals surface area contributed by atoms with Gasteiger partial charge in [0.15, 0.2) is 0 Å². The van der Waals surface area contributed by atoms with Crippen molar-refractivity contribution >= 4 is 15.9 Å². The molecule has 1 aromatic rings. The quantitative estimate of drug-likeness (QED) is 0.921. The number of hydrogen-bond acceptors (Lipinski definition) is 3. The molecule has 0 aliphatic heterocycles. The van der Waals surface area contributed by atoms with Crippen LogP contribution >= 0.6 is 15.9 Å². The predicted octanol–water partition coefficient (Wildman–Crippen LogP) is 2.05. The van der Waals surface area contributed by atoms with Gasteiger partial charge in [-0.15, -0.1) is 0 Å². The zero-order valence-corrected chi connectivity index (χ0v) is 12.0. The van der Waals surface area contributed by atoms with E-state index in [1.165, 1.54) is 0 Å². The van der Waals surface area contributed by atoms with Crippen molar-refractivity contribution in [1.29, 1.82) is 0 Å². The number of halogens is 1. The minimum atomic E-state index is -0.0330. The SMILES string of the molecule is CN(C)C(C)(C)C(N)Cc1ccc(Br)cn1. The van der Waals surface area contributed by atoms with Crippen LogP contribution in [0.1, 0.15) is 19.5 Å². The Balaban J connectivity index is 2.71. The second-order valence-electron chi connectivity index (χ2n) is 4.83. The van der Waals surface area contributed by atoms with Gasteiger partial charge < -0.3 is 10.6 Å². The summed E-state index contributed by atoms with van der Waals surface area (Å²) in [5.74, 6) is 0. The van der Waals surface area contributed by atoms with E-state index in [4.69, 9.17) is 5.73 Å². The molecule has 0 saturated carbocycles.